The predicted molar refractivity (Wildman–Crippen MR) is 72.0 cm³/mol. The monoisotopic (exact) mass is 268 g/mol. The third-order valence-corrected chi connectivity index (χ3v) is 4.49. The number of rotatable bonds is 3. The molecule has 0 bridgehead atoms. The molecule has 0 aromatic carbocycles. The lowest BCUT2D eigenvalue weighted by molar-refractivity contribution is -0.139. The maximum Gasteiger partial charge on any atom is 0.318 e. The van der Waals surface area contributed by atoms with Crippen molar-refractivity contribution in [2.45, 2.75) is 69.9 Å². The molecule has 1 saturated carbocycles. The van der Waals surface area contributed by atoms with Gasteiger partial charge in [-0.25, -0.2) is 4.79 Å². The van der Waals surface area contributed by atoms with Gasteiger partial charge in [0.05, 0.1) is 12.0 Å². The Morgan fingerprint density at radius 1 is 1.26 bits per heavy atom. The van der Waals surface area contributed by atoms with Gasteiger partial charge in [0.15, 0.2) is 0 Å². The number of likely N-dealkylation sites (tertiary alicyclic amines) is 1. The second kappa shape index (κ2) is 5.80. The average Bonchev–Trinajstić information content (AvgIpc) is 2.50. The van der Waals surface area contributed by atoms with E-state index in [4.69, 9.17) is 5.11 Å². The highest BCUT2D eigenvalue weighted by molar-refractivity contribution is 5.77. The first-order valence-corrected chi connectivity index (χ1v) is 7.33. The van der Waals surface area contributed by atoms with Crippen LogP contribution < -0.4 is 5.32 Å². The average molecular weight is 268 g/mol. The maximum atomic E-state index is 12.4. The molecule has 2 fully saturated rings. The van der Waals surface area contributed by atoms with Gasteiger partial charge in [-0.1, -0.05) is 12.8 Å². The van der Waals surface area contributed by atoms with Crippen LogP contribution in [0.1, 0.15) is 58.3 Å². The van der Waals surface area contributed by atoms with Crippen LogP contribution in [0, 0.1) is 0 Å². The molecule has 2 rings (SSSR count). The van der Waals surface area contributed by atoms with Crippen molar-refractivity contribution in [1.29, 1.82) is 0 Å². The van der Waals surface area contributed by atoms with Gasteiger partial charge in [-0.05, 0) is 39.0 Å². The molecule has 19 heavy (non-hydrogen) atoms. The van der Waals surface area contributed by atoms with Crippen LogP contribution in [0.15, 0.2) is 0 Å². The topological polar surface area (TPSA) is 69.6 Å². The van der Waals surface area contributed by atoms with Gasteiger partial charge < -0.3 is 15.3 Å². The van der Waals surface area contributed by atoms with Gasteiger partial charge >= 0.3 is 12.0 Å². The molecule has 5 nitrogen and oxygen atoms in total. The molecule has 2 aliphatic rings. The van der Waals surface area contributed by atoms with Crippen molar-refractivity contribution in [3.8, 4) is 0 Å². The van der Waals surface area contributed by atoms with Crippen molar-refractivity contribution in [2.24, 2.45) is 0 Å². The molecular formula is C14H24N2O3. The summed E-state index contributed by atoms with van der Waals surface area (Å²) < 4.78 is 0. The minimum absolute atomic E-state index is 0.0426. The van der Waals surface area contributed by atoms with E-state index in [2.05, 4.69) is 12.2 Å². The summed E-state index contributed by atoms with van der Waals surface area (Å²) in [6.45, 7) is 2.87. The first kappa shape index (κ1) is 14.2. The summed E-state index contributed by atoms with van der Waals surface area (Å²) in [5, 5.41) is 12.0. The van der Waals surface area contributed by atoms with Crippen molar-refractivity contribution < 1.29 is 14.7 Å². The Balaban J connectivity index is 1.96. The summed E-state index contributed by atoms with van der Waals surface area (Å²) in [5.41, 5.74) is -0.491. The fourth-order valence-corrected chi connectivity index (χ4v) is 3.11. The van der Waals surface area contributed by atoms with Crippen molar-refractivity contribution in [3.05, 3.63) is 0 Å². The van der Waals surface area contributed by atoms with Crippen LogP contribution in [0.25, 0.3) is 0 Å². The summed E-state index contributed by atoms with van der Waals surface area (Å²) in [5.74, 6) is -0.830. The summed E-state index contributed by atoms with van der Waals surface area (Å²) in [4.78, 5) is 25.2. The Hall–Kier alpha value is -1.26. The van der Waals surface area contributed by atoms with Crippen LogP contribution in [0.3, 0.4) is 0 Å². The molecule has 0 aromatic rings. The van der Waals surface area contributed by atoms with Crippen molar-refractivity contribution in [1.82, 2.24) is 10.2 Å². The summed E-state index contributed by atoms with van der Waals surface area (Å²) >= 11 is 0. The normalized spacial score (nSPS) is 26.2. The van der Waals surface area contributed by atoms with E-state index in [9.17, 15) is 9.59 Å². The molecule has 1 heterocycles. The third-order valence-electron chi connectivity index (χ3n) is 4.49. The van der Waals surface area contributed by atoms with E-state index >= 15 is 0 Å². The Kier molecular flexibility index (Phi) is 4.32. The first-order valence-electron chi connectivity index (χ1n) is 7.33. The number of aliphatic carboxylic acids is 1. The minimum Gasteiger partial charge on any atom is -0.481 e. The second-order valence-corrected chi connectivity index (χ2v) is 6.03. The molecule has 1 unspecified atom stereocenters. The van der Waals surface area contributed by atoms with E-state index in [-0.39, 0.29) is 18.5 Å². The number of nitrogens with zero attached hydrogens (tertiary/aromatic N) is 1. The SMILES string of the molecule is CC1CCCCCN1C(=O)NC1(CC(=O)O)CCC1. The van der Waals surface area contributed by atoms with E-state index in [0.29, 0.717) is 0 Å². The number of carboxylic acid groups (broad SMARTS) is 1. The number of nitrogens with one attached hydrogen (secondary N) is 1. The maximum absolute atomic E-state index is 12.4. The van der Waals surface area contributed by atoms with Crippen molar-refractivity contribution in [2.75, 3.05) is 6.54 Å². The fraction of sp³-hybridized carbons (Fsp3) is 0.857. The number of carbonyl (C=O) groups is 2. The minimum atomic E-state index is -0.830. The van der Waals surface area contributed by atoms with E-state index in [0.717, 1.165) is 38.6 Å². The van der Waals surface area contributed by atoms with Gasteiger partial charge in [-0.2, -0.15) is 0 Å². The lowest BCUT2D eigenvalue weighted by Crippen LogP contribution is -2.59. The first-order chi connectivity index (χ1) is 9.02. The smallest absolute Gasteiger partial charge is 0.318 e. The van der Waals surface area contributed by atoms with E-state index in [1.165, 1.54) is 12.8 Å². The van der Waals surface area contributed by atoms with Gasteiger partial charge in [0.25, 0.3) is 0 Å². The zero-order valence-corrected chi connectivity index (χ0v) is 11.7. The standard InChI is InChI=1S/C14H24N2O3/c1-11-6-3-2-4-9-16(11)13(19)15-14(7-5-8-14)10-12(17)18/h11H,2-10H2,1H3,(H,15,19)(H,17,18). The Morgan fingerprint density at radius 2 is 2.00 bits per heavy atom. The zero-order chi connectivity index (χ0) is 13.9. The van der Waals surface area contributed by atoms with Crippen LogP contribution in [-0.2, 0) is 4.79 Å². The van der Waals surface area contributed by atoms with E-state index < -0.39 is 11.5 Å². The number of carbonyl (C=O) groups excluding carboxylic acids is 1. The molecule has 0 aromatic heterocycles. The lowest BCUT2D eigenvalue weighted by atomic mass is 9.74. The summed E-state index contributed by atoms with van der Waals surface area (Å²) in [7, 11) is 0. The van der Waals surface area contributed by atoms with Crippen LogP contribution >= 0.6 is 0 Å². The fourth-order valence-electron chi connectivity index (χ4n) is 3.11. The van der Waals surface area contributed by atoms with Gasteiger partial charge in [0.2, 0.25) is 0 Å². The zero-order valence-electron chi connectivity index (χ0n) is 11.7. The molecule has 1 saturated heterocycles. The summed E-state index contributed by atoms with van der Waals surface area (Å²) in [6.07, 6.45) is 7.05. The number of carboxylic acids is 1. The van der Waals surface area contributed by atoms with E-state index in [1.54, 1.807) is 0 Å². The molecule has 108 valence electrons. The molecule has 5 heteroatoms. The largest absolute Gasteiger partial charge is 0.481 e. The van der Waals surface area contributed by atoms with Gasteiger partial charge in [0, 0.05) is 12.6 Å². The molecule has 1 aliphatic carbocycles. The van der Waals surface area contributed by atoms with Crippen LogP contribution in [0.4, 0.5) is 4.79 Å². The van der Waals surface area contributed by atoms with Crippen LogP contribution in [0.2, 0.25) is 0 Å². The van der Waals surface area contributed by atoms with Crippen LogP contribution in [0.5, 0.6) is 0 Å². The molecule has 2 amide bonds. The molecule has 2 N–H and O–H groups in total. The Labute approximate surface area is 114 Å². The molecule has 0 spiro atoms. The Morgan fingerprint density at radius 3 is 2.58 bits per heavy atom. The number of amides is 2. The number of urea groups is 1. The van der Waals surface area contributed by atoms with Gasteiger partial charge in [-0.3, -0.25) is 4.79 Å². The Bertz CT molecular complexity index is 353. The quantitative estimate of drug-likeness (QED) is 0.825. The highest BCUT2D eigenvalue weighted by Gasteiger charge is 2.41. The number of hydrogen-bond acceptors (Lipinski definition) is 2. The molecular weight excluding hydrogens is 244 g/mol. The highest BCUT2D eigenvalue weighted by Crippen LogP contribution is 2.35. The van der Waals surface area contributed by atoms with Crippen LogP contribution in [-0.4, -0.2) is 40.1 Å². The van der Waals surface area contributed by atoms with Gasteiger partial charge in [-0.15, -0.1) is 0 Å². The predicted octanol–water partition coefficient (Wildman–Crippen LogP) is 2.36. The molecule has 0 radical (unpaired) electrons. The highest BCUT2D eigenvalue weighted by atomic mass is 16.4. The van der Waals surface area contributed by atoms with Crippen molar-refractivity contribution in [3.63, 3.8) is 0 Å². The second-order valence-electron chi connectivity index (χ2n) is 6.03. The summed E-state index contributed by atoms with van der Waals surface area (Å²) in [6, 6.07) is 0.180. The lowest BCUT2D eigenvalue weighted by Gasteiger charge is -2.43. The van der Waals surface area contributed by atoms with Gasteiger partial charge in [0.1, 0.15) is 0 Å². The molecule has 1 aliphatic heterocycles. The molecule has 1 atom stereocenters. The van der Waals surface area contributed by atoms with Crippen molar-refractivity contribution >= 4 is 12.0 Å². The third kappa shape index (κ3) is 3.39. The van der Waals surface area contributed by atoms with E-state index in [1.807, 2.05) is 4.90 Å². The number of hydrogen-bond donors (Lipinski definition) is 2.